The van der Waals surface area contributed by atoms with Crippen molar-refractivity contribution in [3.05, 3.63) is 0 Å². The van der Waals surface area contributed by atoms with E-state index in [9.17, 15) is 4.79 Å². The van der Waals surface area contributed by atoms with Gasteiger partial charge in [-0.2, -0.15) is 0 Å². The molecule has 4 rings (SSSR count). The van der Waals surface area contributed by atoms with E-state index in [1.807, 2.05) is 0 Å². The molecule has 0 aromatic carbocycles. The molecule has 0 amide bonds. The summed E-state index contributed by atoms with van der Waals surface area (Å²) in [5.74, 6) is 2.92. The maximum absolute atomic E-state index is 11.7. The van der Waals surface area contributed by atoms with Crippen LogP contribution in [-0.4, -0.2) is 5.78 Å². The summed E-state index contributed by atoms with van der Waals surface area (Å²) in [6.07, 6.45) is 3.54. The largest absolute Gasteiger partial charge is 0.299 e. The lowest BCUT2D eigenvalue weighted by molar-refractivity contribution is -0.215. The second-order valence-corrected chi connectivity index (χ2v) is 6.15. The summed E-state index contributed by atoms with van der Waals surface area (Å²) < 4.78 is 0. The Bertz CT molecular complexity index is 291. The first kappa shape index (κ1) is 8.02. The van der Waals surface area contributed by atoms with E-state index in [0.717, 1.165) is 18.3 Å². The van der Waals surface area contributed by atoms with E-state index in [2.05, 4.69) is 20.8 Å². The Labute approximate surface area is 79.9 Å². The molecule has 4 aliphatic rings. The van der Waals surface area contributed by atoms with Crippen LogP contribution in [0.15, 0.2) is 0 Å². The standard InChI is InChI=1S/C12H18O/c1-11(2)7-4-8-6-10(13)12(8,3)9(11)5-7/h7-9H,4-6H2,1-3H3/t7-,8+,9+,12+/m1/s1. The van der Waals surface area contributed by atoms with Crippen LogP contribution in [0, 0.1) is 28.6 Å². The van der Waals surface area contributed by atoms with Gasteiger partial charge >= 0.3 is 0 Å². The fourth-order valence-electron chi connectivity index (χ4n) is 4.34. The van der Waals surface area contributed by atoms with Gasteiger partial charge in [0.15, 0.2) is 0 Å². The number of hydrogen-bond acceptors (Lipinski definition) is 1. The minimum absolute atomic E-state index is 0.0955. The number of ketones is 1. The van der Waals surface area contributed by atoms with Gasteiger partial charge < -0.3 is 0 Å². The van der Waals surface area contributed by atoms with Gasteiger partial charge in [-0.3, -0.25) is 4.79 Å². The smallest absolute Gasteiger partial charge is 0.139 e. The molecule has 0 N–H and O–H groups in total. The minimum atomic E-state index is 0.0955. The Kier molecular flexibility index (Phi) is 1.15. The van der Waals surface area contributed by atoms with E-state index in [0.29, 0.717) is 17.1 Å². The summed E-state index contributed by atoms with van der Waals surface area (Å²) in [7, 11) is 0. The number of Topliss-reactive ketones (excluding diaryl/α,β-unsaturated/α-hetero) is 1. The highest BCUT2D eigenvalue weighted by Crippen LogP contribution is 2.72. The number of hydrogen-bond donors (Lipinski definition) is 0. The van der Waals surface area contributed by atoms with Crippen LogP contribution >= 0.6 is 0 Å². The third kappa shape index (κ3) is 0.628. The molecule has 0 spiro atoms. The van der Waals surface area contributed by atoms with E-state index >= 15 is 0 Å². The molecular weight excluding hydrogens is 160 g/mol. The second kappa shape index (κ2) is 1.87. The van der Waals surface area contributed by atoms with Crippen molar-refractivity contribution in [1.29, 1.82) is 0 Å². The third-order valence-corrected chi connectivity index (χ3v) is 5.64. The van der Waals surface area contributed by atoms with Crippen molar-refractivity contribution in [3.8, 4) is 0 Å². The van der Waals surface area contributed by atoms with Crippen LogP contribution < -0.4 is 0 Å². The van der Waals surface area contributed by atoms with Crippen LogP contribution in [0.2, 0.25) is 0 Å². The third-order valence-electron chi connectivity index (χ3n) is 5.64. The summed E-state index contributed by atoms with van der Waals surface area (Å²) in [5, 5.41) is 0. The molecule has 4 aliphatic carbocycles. The second-order valence-electron chi connectivity index (χ2n) is 6.15. The highest BCUT2D eigenvalue weighted by atomic mass is 16.1. The van der Waals surface area contributed by atoms with Crippen LogP contribution in [0.25, 0.3) is 0 Å². The van der Waals surface area contributed by atoms with Crippen molar-refractivity contribution >= 4 is 5.78 Å². The zero-order valence-corrected chi connectivity index (χ0v) is 8.76. The predicted octanol–water partition coefficient (Wildman–Crippen LogP) is 2.65. The molecule has 1 heteroatoms. The molecule has 0 radical (unpaired) electrons. The van der Waals surface area contributed by atoms with Gasteiger partial charge in [-0.15, -0.1) is 0 Å². The van der Waals surface area contributed by atoms with Gasteiger partial charge in [0, 0.05) is 11.8 Å². The molecule has 4 atom stereocenters. The van der Waals surface area contributed by atoms with Crippen LogP contribution in [0.4, 0.5) is 0 Å². The number of rotatable bonds is 0. The predicted molar refractivity (Wildman–Crippen MR) is 51.2 cm³/mol. The monoisotopic (exact) mass is 178 g/mol. The lowest BCUT2D eigenvalue weighted by Crippen LogP contribution is -2.68. The first-order chi connectivity index (χ1) is 5.97. The fourth-order valence-corrected chi connectivity index (χ4v) is 4.34. The van der Waals surface area contributed by atoms with E-state index in [-0.39, 0.29) is 5.41 Å². The lowest BCUT2D eigenvalue weighted by atomic mass is 9.33. The zero-order chi connectivity index (χ0) is 9.43. The summed E-state index contributed by atoms with van der Waals surface area (Å²) in [5.41, 5.74) is 0.555. The molecule has 0 aromatic heterocycles. The lowest BCUT2D eigenvalue weighted by Gasteiger charge is -2.70. The van der Waals surface area contributed by atoms with Gasteiger partial charge in [-0.05, 0) is 36.0 Å². The van der Waals surface area contributed by atoms with Gasteiger partial charge in [0.05, 0.1) is 0 Å². The van der Waals surface area contributed by atoms with Crippen molar-refractivity contribution < 1.29 is 4.79 Å². The molecule has 4 fully saturated rings. The normalized spacial score (nSPS) is 56.2. The highest BCUT2D eigenvalue weighted by Gasteiger charge is 2.69. The van der Waals surface area contributed by atoms with Crippen LogP contribution in [0.5, 0.6) is 0 Å². The Balaban J connectivity index is 2.00. The van der Waals surface area contributed by atoms with Gasteiger partial charge in [0.1, 0.15) is 5.78 Å². The Morgan fingerprint density at radius 1 is 1.15 bits per heavy atom. The molecule has 2 bridgehead atoms. The molecule has 0 heterocycles. The maximum Gasteiger partial charge on any atom is 0.139 e. The average Bonchev–Trinajstić information content (AvgIpc) is 2.07. The van der Waals surface area contributed by atoms with E-state index in [1.54, 1.807) is 0 Å². The van der Waals surface area contributed by atoms with E-state index < -0.39 is 0 Å². The van der Waals surface area contributed by atoms with Gasteiger partial charge in [-0.1, -0.05) is 20.8 Å². The summed E-state index contributed by atoms with van der Waals surface area (Å²) in [6, 6.07) is 0. The highest BCUT2D eigenvalue weighted by molar-refractivity contribution is 5.92. The van der Waals surface area contributed by atoms with Crippen molar-refractivity contribution in [2.45, 2.75) is 40.0 Å². The summed E-state index contributed by atoms with van der Waals surface area (Å²) in [4.78, 5) is 11.7. The molecule has 13 heavy (non-hydrogen) atoms. The first-order valence-corrected chi connectivity index (χ1v) is 5.50. The summed E-state index contributed by atoms with van der Waals surface area (Å²) >= 11 is 0. The average molecular weight is 178 g/mol. The van der Waals surface area contributed by atoms with Gasteiger partial charge in [0.2, 0.25) is 0 Å². The number of carbonyl (C=O) groups excluding carboxylic acids is 1. The maximum atomic E-state index is 11.7. The molecule has 0 saturated heterocycles. The summed E-state index contributed by atoms with van der Waals surface area (Å²) in [6.45, 7) is 6.95. The topological polar surface area (TPSA) is 17.1 Å². The first-order valence-electron chi connectivity index (χ1n) is 5.50. The van der Waals surface area contributed by atoms with Crippen LogP contribution in [0.3, 0.4) is 0 Å². The Morgan fingerprint density at radius 3 is 2.31 bits per heavy atom. The molecule has 0 aliphatic heterocycles. The number of carbonyl (C=O) groups is 1. The fraction of sp³-hybridized carbons (Fsp3) is 0.917. The molecule has 1 nitrogen and oxygen atoms in total. The molecule has 0 unspecified atom stereocenters. The van der Waals surface area contributed by atoms with Gasteiger partial charge in [0.25, 0.3) is 0 Å². The van der Waals surface area contributed by atoms with Crippen LogP contribution in [0.1, 0.15) is 40.0 Å². The van der Waals surface area contributed by atoms with Crippen molar-refractivity contribution in [2.24, 2.45) is 28.6 Å². The van der Waals surface area contributed by atoms with E-state index in [1.165, 1.54) is 12.8 Å². The van der Waals surface area contributed by atoms with Crippen molar-refractivity contribution in [3.63, 3.8) is 0 Å². The van der Waals surface area contributed by atoms with Crippen molar-refractivity contribution in [1.82, 2.24) is 0 Å². The van der Waals surface area contributed by atoms with Crippen molar-refractivity contribution in [2.75, 3.05) is 0 Å². The quantitative estimate of drug-likeness (QED) is 0.557. The molecule has 72 valence electrons. The molecule has 4 saturated carbocycles. The Morgan fingerprint density at radius 2 is 1.85 bits per heavy atom. The van der Waals surface area contributed by atoms with E-state index in [4.69, 9.17) is 0 Å². The van der Waals surface area contributed by atoms with Crippen LogP contribution in [-0.2, 0) is 4.79 Å². The zero-order valence-electron chi connectivity index (χ0n) is 8.76. The SMILES string of the molecule is CC1(C)[C@@H]2C[C@H]3CC(=O)[C@]3(C)[C@H]1C2. The Hall–Kier alpha value is -0.330. The molecular formula is C12H18O. The minimum Gasteiger partial charge on any atom is -0.299 e. The van der Waals surface area contributed by atoms with Gasteiger partial charge in [-0.25, -0.2) is 0 Å². The molecule has 0 aromatic rings.